The molecular formula is C20H21N2O3S+. The van der Waals surface area contributed by atoms with Gasteiger partial charge < -0.3 is 14.6 Å². The number of benzene rings is 2. The Bertz CT molecular complexity index is 871. The number of fused-ring (bicyclic) bond motifs is 1. The molecule has 2 aromatic carbocycles. The molecule has 26 heavy (non-hydrogen) atoms. The fourth-order valence-electron chi connectivity index (χ4n) is 3.85. The number of rotatable bonds is 2. The Balaban J connectivity index is 1.59. The van der Waals surface area contributed by atoms with E-state index >= 15 is 0 Å². The zero-order valence-corrected chi connectivity index (χ0v) is 15.2. The highest BCUT2D eigenvalue weighted by molar-refractivity contribution is 8.13. The van der Waals surface area contributed by atoms with Crippen molar-refractivity contribution in [2.45, 2.75) is 12.1 Å². The Hall–Kier alpha value is -2.18. The first kappa shape index (κ1) is 16.0. The maximum Gasteiger partial charge on any atom is 0.316 e. The summed E-state index contributed by atoms with van der Waals surface area (Å²) in [6.45, 7) is 2.46. The number of aliphatic hydroxyl groups is 1. The Morgan fingerprint density at radius 2 is 1.85 bits per heavy atom. The van der Waals surface area contributed by atoms with E-state index in [1.807, 2.05) is 48.2 Å². The van der Waals surface area contributed by atoms with E-state index in [0.29, 0.717) is 25.5 Å². The van der Waals surface area contributed by atoms with E-state index in [9.17, 15) is 5.11 Å². The minimum absolute atomic E-state index is 0.499. The summed E-state index contributed by atoms with van der Waals surface area (Å²) in [5, 5.41) is 12.9. The molecule has 0 bridgehead atoms. The molecule has 0 fully saturated rings. The van der Waals surface area contributed by atoms with Crippen molar-refractivity contribution < 1.29 is 19.2 Å². The quantitative estimate of drug-likeness (QED) is 0.825. The monoisotopic (exact) mass is 369 g/mol. The maximum absolute atomic E-state index is 11.7. The molecule has 0 unspecified atom stereocenters. The first-order chi connectivity index (χ1) is 12.8. The van der Waals surface area contributed by atoms with Crippen molar-refractivity contribution in [3.8, 4) is 11.5 Å². The lowest BCUT2D eigenvalue weighted by atomic mass is 10.0. The number of thioether (sulfide) groups is 1. The Morgan fingerprint density at radius 1 is 1.04 bits per heavy atom. The van der Waals surface area contributed by atoms with Crippen LogP contribution < -0.4 is 14.4 Å². The van der Waals surface area contributed by atoms with Gasteiger partial charge in [0.1, 0.15) is 18.9 Å². The molecule has 0 radical (unpaired) electrons. The van der Waals surface area contributed by atoms with Crippen molar-refractivity contribution in [1.82, 2.24) is 0 Å². The second-order valence-corrected chi connectivity index (χ2v) is 7.80. The molecule has 3 heterocycles. The standard InChI is InChI=1S/C20H21N2O3S/c23-20(15-7-8-17-18(13-15)25-11-10-24-17)14-21(16-5-2-1-3-6-16)19-22(20)9-4-12-26-19/h1-3,5-8,13,23H,4,9-12,14H2/q+1/t20-/m1/s1. The number of amidine groups is 1. The number of para-hydroxylation sites is 1. The molecule has 2 aromatic rings. The third kappa shape index (κ3) is 2.47. The van der Waals surface area contributed by atoms with Gasteiger partial charge in [-0.3, -0.25) is 0 Å². The van der Waals surface area contributed by atoms with Crippen molar-refractivity contribution in [1.29, 1.82) is 0 Å². The van der Waals surface area contributed by atoms with Gasteiger partial charge in [0, 0.05) is 11.3 Å². The Morgan fingerprint density at radius 3 is 2.69 bits per heavy atom. The van der Waals surface area contributed by atoms with Crippen LogP contribution in [0, 0.1) is 0 Å². The molecule has 5 nitrogen and oxygen atoms in total. The molecule has 0 aromatic heterocycles. The topological polar surface area (TPSA) is 44.9 Å². The molecule has 0 aliphatic carbocycles. The number of anilines is 1. The highest BCUT2D eigenvalue weighted by Crippen LogP contribution is 2.40. The number of hydrogen-bond donors (Lipinski definition) is 1. The minimum Gasteiger partial charge on any atom is -0.486 e. The van der Waals surface area contributed by atoms with E-state index in [1.54, 1.807) is 0 Å². The molecule has 1 atom stereocenters. The van der Waals surface area contributed by atoms with Crippen LogP contribution in [0.25, 0.3) is 0 Å². The van der Waals surface area contributed by atoms with Gasteiger partial charge in [0.25, 0.3) is 5.72 Å². The van der Waals surface area contributed by atoms with Crippen LogP contribution >= 0.6 is 11.8 Å². The molecule has 134 valence electrons. The normalized spacial score (nSPS) is 24.6. The van der Waals surface area contributed by atoms with E-state index in [0.717, 1.165) is 40.9 Å². The molecule has 0 saturated heterocycles. The van der Waals surface area contributed by atoms with Crippen molar-refractivity contribution in [2.75, 3.05) is 37.0 Å². The summed E-state index contributed by atoms with van der Waals surface area (Å²) in [7, 11) is 0. The number of β-amino-alcohol motifs (C(OH)–C–C–N with tert-alkyl or cyclic N) is 1. The lowest BCUT2D eigenvalue weighted by Gasteiger charge is -2.26. The second kappa shape index (κ2) is 6.21. The highest BCUT2D eigenvalue weighted by atomic mass is 32.2. The van der Waals surface area contributed by atoms with Gasteiger partial charge in [-0.1, -0.05) is 18.2 Å². The van der Waals surface area contributed by atoms with Crippen molar-refractivity contribution in [3.05, 3.63) is 54.1 Å². The van der Waals surface area contributed by atoms with Crippen molar-refractivity contribution >= 4 is 22.6 Å². The smallest absolute Gasteiger partial charge is 0.316 e. The Kier molecular flexibility index (Phi) is 3.83. The van der Waals surface area contributed by atoms with Gasteiger partial charge in [-0.25, -0.2) is 9.48 Å². The predicted octanol–water partition coefficient (Wildman–Crippen LogP) is 2.63. The maximum atomic E-state index is 11.7. The SMILES string of the molecule is O[C@@]1(c2ccc3c(c2)OCCO3)CN(c2ccccc2)C2=[N+]1CCCS2. The van der Waals surface area contributed by atoms with Crippen LogP contribution in [0.4, 0.5) is 5.69 Å². The summed E-state index contributed by atoms with van der Waals surface area (Å²) < 4.78 is 13.5. The molecule has 0 spiro atoms. The van der Waals surface area contributed by atoms with Gasteiger partial charge in [0.05, 0.1) is 6.54 Å². The first-order valence-corrected chi connectivity index (χ1v) is 9.97. The summed E-state index contributed by atoms with van der Waals surface area (Å²) in [6.07, 6.45) is 1.06. The van der Waals surface area contributed by atoms with Crippen LogP contribution in [0.1, 0.15) is 12.0 Å². The zero-order chi connectivity index (χ0) is 17.6. The largest absolute Gasteiger partial charge is 0.486 e. The van der Waals surface area contributed by atoms with Crippen molar-refractivity contribution in [2.24, 2.45) is 0 Å². The van der Waals surface area contributed by atoms with Crippen LogP contribution in [0.2, 0.25) is 0 Å². The molecule has 3 aliphatic rings. The van der Waals surface area contributed by atoms with Gasteiger partial charge in [-0.05, 0) is 48.5 Å². The van der Waals surface area contributed by atoms with E-state index in [-0.39, 0.29) is 0 Å². The molecule has 6 heteroatoms. The average Bonchev–Trinajstić information content (AvgIpc) is 3.03. The van der Waals surface area contributed by atoms with E-state index in [2.05, 4.69) is 21.6 Å². The Labute approximate surface area is 156 Å². The van der Waals surface area contributed by atoms with E-state index in [4.69, 9.17) is 9.47 Å². The zero-order valence-electron chi connectivity index (χ0n) is 14.4. The van der Waals surface area contributed by atoms with Crippen LogP contribution in [0.3, 0.4) is 0 Å². The van der Waals surface area contributed by atoms with Gasteiger partial charge in [0.2, 0.25) is 0 Å². The van der Waals surface area contributed by atoms with Crippen LogP contribution in [-0.4, -0.2) is 46.9 Å². The van der Waals surface area contributed by atoms with Crippen LogP contribution in [0.5, 0.6) is 11.5 Å². The lowest BCUT2D eigenvalue weighted by Crippen LogP contribution is -2.41. The molecule has 3 aliphatic heterocycles. The summed E-state index contributed by atoms with van der Waals surface area (Å²) >= 11 is 1.82. The minimum atomic E-state index is -1.07. The van der Waals surface area contributed by atoms with E-state index < -0.39 is 5.72 Å². The second-order valence-electron chi connectivity index (χ2n) is 6.73. The lowest BCUT2D eigenvalue weighted by molar-refractivity contribution is -0.656. The predicted molar refractivity (Wildman–Crippen MR) is 102 cm³/mol. The summed E-state index contributed by atoms with van der Waals surface area (Å²) in [4.78, 5) is 2.22. The van der Waals surface area contributed by atoms with E-state index in [1.165, 1.54) is 0 Å². The highest BCUT2D eigenvalue weighted by Gasteiger charge is 2.53. The van der Waals surface area contributed by atoms with Crippen LogP contribution in [0.15, 0.2) is 48.5 Å². The summed E-state index contributed by atoms with van der Waals surface area (Å²) in [5.74, 6) is 2.54. The first-order valence-electron chi connectivity index (χ1n) is 8.98. The molecule has 5 rings (SSSR count). The third-order valence-corrected chi connectivity index (χ3v) is 6.31. The number of ether oxygens (including phenoxy) is 2. The van der Waals surface area contributed by atoms with Gasteiger partial charge in [-0.2, -0.15) is 0 Å². The summed E-state index contributed by atoms with van der Waals surface area (Å²) in [5.41, 5.74) is 0.879. The van der Waals surface area contributed by atoms with Crippen molar-refractivity contribution in [3.63, 3.8) is 0 Å². The number of hydrogen-bond acceptors (Lipinski definition) is 5. The summed E-state index contributed by atoms with van der Waals surface area (Å²) in [6, 6.07) is 16.1. The average molecular weight is 369 g/mol. The van der Waals surface area contributed by atoms with Gasteiger partial charge in [-0.15, -0.1) is 0 Å². The molecular weight excluding hydrogens is 348 g/mol. The molecule has 1 N–H and O–H groups in total. The molecule has 0 saturated carbocycles. The van der Waals surface area contributed by atoms with Gasteiger partial charge >= 0.3 is 5.17 Å². The fourth-order valence-corrected chi connectivity index (χ4v) is 5.03. The molecule has 0 amide bonds. The fraction of sp³-hybridized carbons (Fsp3) is 0.350. The van der Waals surface area contributed by atoms with Gasteiger partial charge in [0.15, 0.2) is 18.0 Å². The van der Waals surface area contributed by atoms with Crippen LogP contribution in [-0.2, 0) is 5.72 Å². The number of nitrogens with zero attached hydrogens (tertiary/aromatic N) is 2. The third-order valence-electron chi connectivity index (χ3n) is 5.12.